The maximum Gasteiger partial charge on any atom is 0.253 e. The van der Waals surface area contributed by atoms with Crippen LogP contribution in [0.25, 0.3) is 0 Å². The summed E-state index contributed by atoms with van der Waals surface area (Å²) >= 11 is 0. The number of hydrogen-bond donors (Lipinski definition) is 2. The molecule has 0 bridgehead atoms. The molecule has 0 aromatic heterocycles. The van der Waals surface area contributed by atoms with E-state index >= 15 is 0 Å². The second kappa shape index (κ2) is 7.91. The number of benzene rings is 1. The molecule has 1 saturated heterocycles. The molecule has 0 aliphatic carbocycles. The smallest absolute Gasteiger partial charge is 0.253 e. The number of carbonyl (C=O) groups is 2. The van der Waals surface area contributed by atoms with Crippen molar-refractivity contribution in [2.75, 3.05) is 39.3 Å². The highest BCUT2D eigenvalue weighted by Gasteiger charge is 2.23. The Balaban J connectivity index is 1.85. The second-order valence-electron chi connectivity index (χ2n) is 5.42. The number of nitrogens with two attached hydrogens (primary N) is 1. The van der Waals surface area contributed by atoms with Crippen LogP contribution in [-0.4, -0.2) is 60.9 Å². The van der Waals surface area contributed by atoms with Crippen molar-refractivity contribution in [2.45, 2.75) is 13.5 Å². The van der Waals surface area contributed by atoms with Crippen molar-refractivity contribution in [3.8, 4) is 0 Å². The van der Waals surface area contributed by atoms with Crippen molar-refractivity contribution in [1.82, 2.24) is 15.1 Å². The Morgan fingerprint density at radius 3 is 2.32 bits per heavy atom. The first-order chi connectivity index (χ1) is 10.6. The van der Waals surface area contributed by atoms with E-state index in [0.29, 0.717) is 38.3 Å². The first-order valence-corrected chi connectivity index (χ1v) is 7.71. The predicted octanol–water partition coefficient (Wildman–Crippen LogP) is 0.0392. The molecule has 3 N–H and O–H groups in total. The van der Waals surface area contributed by atoms with Crippen LogP contribution in [0.3, 0.4) is 0 Å². The topological polar surface area (TPSA) is 78.7 Å². The minimum absolute atomic E-state index is 0.0413. The molecule has 6 heteroatoms. The van der Waals surface area contributed by atoms with Crippen LogP contribution >= 0.6 is 0 Å². The quantitative estimate of drug-likeness (QED) is 0.805. The average molecular weight is 304 g/mol. The van der Waals surface area contributed by atoms with Crippen LogP contribution in [0, 0.1) is 0 Å². The van der Waals surface area contributed by atoms with E-state index in [4.69, 9.17) is 5.73 Å². The fourth-order valence-electron chi connectivity index (χ4n) is 2.53. The summed E-state index contributed by atoms with van der Waals surface area (Å²) in [4.78, 5) is 27.9. The molecule has 1 fully saturated rings. The maximum atomic E-state index is 12.4. The van der Waals surface area contributed by atoms with Gasteiger partial charge in [0.2, 0.25) is 5.91 Å². The molecule has 0 spiro atoms. The number of likely N-dealkylation sites (N-methyl/N-ethyl adjacent to an activating group) is 1. The second-order valence-corrected chi connectivity index (χ2v) is 5.42. The summed E-state index contributed by atoms with van der Waals surface area (Å²) in [6, 6.07) is 7.42. The lowest BCUT2D eigenvalue weighted by Gasteiger charge is -2.34. The fraction of sp³-hybridized carbons (Fsp3) is 0.500. The van der Waals surface area contributed by atoms with E-state index in [9.17, 15) is 9.59 Å². The van der Waals surface area contributed by atoms with E-state index < -0.39 is 0 Å². The highest BCUT2D eigenvalue weighted by Crippen LogP contribution is 2.10. The normalized spacial score (nSPS) is 15.6. The van der Waals surface area contributed by atoms with Gasteiger partial charge in [0.25, 0.3) is 5.91 Å². The van der Waals surface area contributed by atoms with E-state index in [0.717, 1.165) is 18.7 Å². The number of rotatable bonds is 5. The van der Waals surface area contributed by atoms with Crippen molar-refractivity contribution < 1.29 is 9.59 Å². The third-order valence-electron chi connectivity index (χ3n) is 3.84. The van der Waals surface area contributed by atoms with E-state index in [1.165, 1.54) is 0 Å². The molecule has 2 rings (SSSR count). The van der Waals surface area contributed by atoms with Crippen molar-refractivity contribution in [1.29, 1.82) is 0 Å². The van der Waals surface area contributed by atoms with Gasteiger partial charge in [-0.15, -0.1) is 0 Å². The first-order valence-electron chi connectivity index (χ1n) is 7.71. The summed E-state index contributed by atoms with van der Waals surface area (Å²) in [5.74, 6) is 0.0841. The molecule has 0 atom stereocenters. The van der Waals surface area contributed by atoms with Gasteiger partial charge in [0.1, 0.15) is 0 Å². The Morgan fingerprint density at radius 1 is 1.14 bits per heavy atom. The van der Waals surface area contributed by atoms with Gasteiger partial charge in [-0.25, -0.2) is 0 Å². The van der Waals surface area contributed by atoms with Gasteiger partial charge in [0, 0.05) is 44.8 Å². The number of nitrogens with one attached hydrogen (secondary N) is 1. The molecule has 0 radical (unpaired) electrons. The van der Waals surface area contributed by atoms with Gasteiger partial charge in [-0.1, -0.05) is 12.1 Å². The molecule has 0 saturated carbocycles. The van der Waals surface area contributed by atoms with Gasteiger partial charge in [0.15, 0.2) is 0 Å². The van der Waals surface area contributed by atoms with Crippen LogP contribution in [0.5, 0.6) is 0 Å². The lowest BCUT2D eigenvalue weighted by atomic mass is 10.1. The van der Waals surface area contributed by atoms with E-state index in [1.54, 1.807) is 0 Å². The van der Waals surface area contributed by atoms with Gasteiger partial charge in [-0.05, 0) is 24.6 Å². The Kier molecular flexibility index (Phi) is 5.91. The van der Waals surface area contributed by atoms with E-state index in [2.05, 4.69) is 10.2 Å². The molecule has 0 unspecified atom stereocenters. The van der Waals surface area contributed by atoms with E-state index in [1.807, 2.05) is 36.1 Å². The Bertz CT molecular complexity index is 507. The maximum absolute atomic E-state index is 12.4. The standard InChI is InChI=1S/C16H24N4O2/c1-2-18-15(21)12-19-7-9-20(10-8-19)16(22)14-5-3-13(11-17)4-6-14/h3-6H,2,7-12,17H2,1H3,(H,18,21). The first kappa shape index (κ1) is 16.5. The summed E-state index contributed by atoms with van der Waals surface area (Å²) in [6.45, 7) is 6.19. The summed E-state index contributed by atoms with van der Waals surface area (Å²) in [7, 11) is 0. The average Bonchev–Trinajstić information content (AvgIpc) is 2.55. The van der Waals surface area contributed by atoms with Gasteiger partial charge < -0.3 is 16.0 Å². The zero-order valence-corrected chi connectivity index (χ0v) is 13.0. The summed E-state index contributed by atoms with van der Waals surface area (Å²) in [5, 5.41) is 2.79. The zero-order valence-electron chi connectivity index (χ0n) is 13.0. The fourth-order valence-corrected chi connectivity index (χ4v) is 2.53. The Hall–Kier alpha value is -1.92. The largest absolute Gasteiger partial charge is 0.355 e. The van der Waals surface area contributed by atoms with E-state index in [-0.39, 0.29) is 11.8 Å². The van der Waals surface area contributed by atoms with Gasteiger partial charge in [-0.2, -0.15) is 0 Å². The number of hydrogen-bond acceptors (Lipinski definition) is 4. The highest BCUT2D eigenvalue weighted by molar-refractivity contribution is 5.94. The van der Waals surface area contributed by atoms with Crippen molar-refractivity contribution in [3.05, 3.63) is 35.4 Å². The van der Waals surface area contributed by atoms with Gasteiger partial charge >= 0.3 is 0 Å². The molecular weight excluding hydrogens is 280 g/mol. The third-order valence-corrected chi connectivity index (χ3v) is 3.84. The Labute approximate surface area is 131 Å². The van der Waals surface area contributed by atoms with Crippen LogP contribution in [-0.2, 0) is 11.3 Å². The predicted molar refractivity (Wildman–Crippen MR) is 85.4 cm³/mol. The number of carbonyl (C=O) groups excluding carboxylic acids is 2. The highest BCUT2D eigenvalue weighted by atomic mass is 16.2. The molecule has 6 nitrogen and oxygen atoms in total. The summed E-state index contributed by atoms with van der Waals surface area (Å²) < 4.78 is 0. The molecular formula is C16H24N4O2. The molecule has 120 valence electrons. The van der Waals surface area contributed by atoms with Crippen LogP contribution in [0.15, 0.2) is 24.3 Å². The molecule has 22 heavy (non-hydrogen) atoms. The molecule has 1 aliphatic rings. The van der Waals surface area contributed by atoms with Crippen molar-refractivity contribution >= 4 is 11.8 Å². The third kappa shape index (κ3) is 4.29. The lowest BCUT2D eigenvalue weighted by molar-refractivity contribution is -0.122. The molecule has 2 amide bonds. The zero-order chi connectivity index (χ0) is 15.9. The van der Waals surface area contributed by atoms with Crippen LogP contribution < -0.4 is 11.1 Å². The minimum atomic E-state index is 0.0413. The monoisotopic (exact) mass is 304 g/mol. The van der Waals surface area contributed by atoms with Crippen LogP contribution in [0.1, 0.15) is 22.8 Å². The lowest BCUT2D eigenvalue weighted by Crippen LogP contribution is -2.51. The SMILES string of the molecule is CCNC(=O)CN1CCN(C(=O)c2ccc(CN)cc2)CC1. The van der Waals surface area contributed by atoms with Gasteiger partial charge in [0.05, 0.1) is 6.54 Å². The van der Waals surface area contributed by atoms with Crippen molar-refractivity contribution in [2.24, 2.45) is 5.73 Å². The number of nitrogens with zero attached hydrogens (tertiary/aromatic N) is 2. The molecule has 1 aromatic rings. The van der Waals surface area contributed by atoms with Crippen LogP contribution in [0.4, 0.5) is 0 Å². The van der Waals surface area contributed by atoms with Crippen LogP contribution in [0.2, 0.25) is 0 Å². The Morgan fingerprint density at radius 2 is 1.77 bits per heavy atom. The summed E-state index contributed by atoms with van der Waals surface area (Å²) in [6.07, 6.45) is 0. The van der Waals surface area contributed by atoms with Crippen molar-refractivity contribution in [3.63, 3.8) is 0 Å². The minimum Gasteiger partial charge on any atom is -0.355 e. The summed E-state index contributed by atoms with van der Waals surface area (Å²) in [5.41, 5.74) is 7.27. The van der Waals surface area contributed by atoms with Gasteiger partial charge in [-0.3, -0.25) is 14.5 Å². The number of amides is 2. The molecule has 1 aromatic carbocycles. The number of piperazine rings is 1. The molecule has 1 heterocycles. The molecule has 1 aliphatic heterocycles.